The summed E-state index contributed by atoms with van der Waals surface area (Å²) in [7, 11) is 1.55. The van der Waals surface area contributed by atoms with Crippen LogP contribution in [0.15, 0.2) is 48.5 Å². The Morgan fingerprint density at radius 2 is 1.66 bits per heavy atom. The summed E-state index contributed by atoms with van der Waals surface area (Å²) in [6, 6.07) is 13.6. The summed E-state index contributed by atoms with van der Waals surface area (Å²) in [4.78, 5) is 52.9. The van der Waals surface area contributed by atoms with Crippen molar-refractivity contribution in [2.24, 2.45) is 0 Å². The molecule has 1 saturated heterocycles. The molecule has 4 rings (SSSR count). The summed E-state index contributed by atoms with van der Waals surface area (Å²) in [5.74, 6) is -0.343. The fourth-order valence-electron chi connectivity index (χ4n) is 4.11. The number of nitrogens with one attached hydrogen (secondary N) is 1. The molecule has 0 unspecified atom stereocenters. The number of rotatable bonds is 6. The fraction of sp³-hybridized carbons (Fsp3) is 0.333. The normalized spacial score (nSPS) is 16.2. The summed E-state index contributed by atoms with van der Waals surface area (Å²) >= 11 is 0. The molecule has 8 nitrogen and oxygen atoms in total. The minimum absolute atomic E-state index is 0.0195. The van der Waals surface area contributed by atoms with Crippen LogP contribution < -0.4 is 10.1 Å². The van der Waals surface area contributed by atoms with E-state index in [9.17, 15) is 19.2 Å². The van der Waals surface area contributed by atoms with E-state index in [-0.39, 0.29) is 42.6 Å². The molecule has 2 aliphatic rings. The Morgan fingerprint density at radius 3 is 2.28 bits per heavy atom. The van der Waals surface area contributed by atoms with Crippen LogP contribution in [0.25, 0.3) is 0 Å². The van der Waals surface area contributed by atoms with E-state index in [0.29, 0.717) is 48.4 Å². The van der Waals surface area contributed by atoms with Crippen LogP contribution >= 0.6 is 0 Å². The maximum atomic E-state index is 12.6. The second-order valence-electron chi connectivity index (χ2n) is 7.92. The third kappa shape index (κ3) is 4.34. The first-order valence-corrected chi connectivity index (χ1v) is 10.7. The van der Waals surface area contributed by atoms with Gasteiger partial charge in [-0.2, -0.15) is 0 Å². The first kappa shape index (κ1) is 21.5. The second-order valence-corrected chi connectivity index (χ2v) is 7.92. The predicted octanol–water partition coefficient (Wildman–Crippen LogP) is 2.10. The second kappa shape index (κ2) is 9.21. The molecule has 0 saturated carbocycles. The molecule has 0 bridgehead atoms. The standard InChI is InChI=1S/C24H25N3O5/c1-32-18-6-4-5-16(15-18)22(29)25-17-9-12-26(13-10-17)21(28)11-14-27-23(30)19-7-2-3-8-20(19)24(27)31/h2-8,15,17H,9-14H2,1H3,(H,25,29). The van der Waals surface area contributed by atoms with Gasteiger partial charge in [0.25, 0.3) is 17.7 Å². The average molecular weight is 435 g/mol. The number of hydrogen-bond donors (Lipinski definition) is 1. The summed E-state index contributed by atoms with van der Waals surface area (Å²) in [6.45, 7) is 1.10. The number of methoxy groups -OCH3 is 1. The molecule has 0 aromatic heterocycles. The van der Waals surface area contributed by atoms with Gasteiger partial charge in [-0.25, -0.2) is 0 Å². The Bertz CT molecular complexity index is 1020. The number of hydrogen-bond acceptors (Lipinski definition) is 5. The highest BCUT2D eigenvalue weighted by Crippen LogP contribution is 2.23. The first-order chi connectivity index (χ1) is 15.5. The average Bonchev–Trinajstić information content (AvgIpc) is 3.07. The van der Waals surface area contributed by atoms with E-state index in [1.807, 2.05) is 0 Å². The molecule has 4 amide bonds. The zero-order chi connectivity index (χ0) is 22.7. The van der Waals surface area contributed by atoms with Crippen LogP contribution in [0.3, 0.4) is 0 Å². The van der Waals surface area contributed by atoms with E-state index in [4.69, 9.17) is 4.74 Å². The molecule has 2 heterocycles. The van der Waals surface area contributed by atoms with E-state index in [1.54, 1.807) is 60.5 Å². The van der Waals surface area contributed by atoms with Gasteiger partial charge in [0.2, 0.25) is 5.91 Å². The zero-order valence-electron chi connectivity index (χ0n) is 17.9. The topological polar surface area (TPSA) is 96.0 Å². The maximum Gasteiger partial charge on any atom is 0.261 e. The number of benzene rings is 2. The van der Waals surface area contributed by atoms with Crippen LogP contribution in [0.5, 0.6) is 5.75 Å². The van der Waals surface area contributed by atoms with E-state index >= 15 is 0 Å². The number of fused-ring (bicyclic) bond motifs is 1. The highest BCUT2D eigenvalue weighted by Gasteiger charge is 2.35. The van der Waals surface area contributed by atoms with Crippen molar-refractivity contribution in [2.75, 3.05) is 26.7 Å². The molecule has 1 N–H and O–H groups in total. The molecular formula is C24H25N3O5. The Labute approximate surface area is 186 Å². The summed E-state index contributed by atoms with van der Waals surface area (Å²) < 4.78 is 5.16. The van der Waals surface area contributed by atoms with Gasteiger partial charge < -0.3 is 15.0 Å². The Kier molecular flexibility index (Phi) is 6.20. The summed E-state index contributed by atoms with van der Waals surface area (Å²) in [5.41, 5.74) is 1.30. The zero-order valence-corrected chi connectivity index (χ0v) is 17.9. The number of amides is 4. The van der Waals surface area contributed by atoms with E-state index < -0.39 is 0 Å². The third-order valence-electron chi connectivity index (χ3n) is 5.94. The molecule has 1 fully saturated rings. The van der Waals surface area contributed by atoms with Crippen LogP contribution in [0, 0.1) is 0 Å². The van der Waals surface area contributed by atoms with Crippen molar-refractivity contribution in [3.8, 4) is 5.75 Å². The minimum atomic E-state index is -0.350. The van der Waals surface area contributed by atoms with Crippen LogP contribution in [0.4, 0.5) is 0 Å². The van der Waals surface area contributed by atoms with E-state index in [2.05, 4.69) is 5.32 Å². The van der Waals surface area contributed by atoms with Crippen molar-refractivity contribution in [2.45, 2.75) is 25.3 Å². The van der Waals surface area contributed by atoms with Crippen molar-refractivity contribution in [1.29, 1.82) is 0 Å². The fourth-order valence-corrected chi connectivity index (χ4v) is 4.11. The largest absolute Gasteiger partial charge is 0.497 e. The Morgan fingerprint density at radius 1 is 1.00 bits per heavy atom. The van der Waals surface area contributed by atoms with Gasteiger partial charge in [0.1, 0.15) is 5.75 Å². The highest BCUT2D eigenvalue weighted by atomic mass is 16.5. The molecule has 2 aromatic carbocycles. The van der Waals surface area contributed by atoms with Crippen LogP contribution in [0.2, 0.25) is 0 Å². The highest BCUT2D eigenvalue weighted by molar-refractivity contribution is 6.21. The van der Waals surface area contributed by atoms with Gasteiger partial charge in [-0.05, 0) is 43.2 Å². The van der Waals surface area contributed by atoms with E-state index in [0.717, 1.165) is 4.90 Å². The number of imide groups is 1. The van der Waals surface area contributed by atoms with Gasteiger partial charge in [-0.15, -0.1) is 0 Å². The van der Waals surface area contributed by atoms with Crippen molar-refractivity contribution < 1.29 is 23.9 Å². The van der Waals surface area contributed by atoms with Gasteiger partial charge in [0.15, 0.2) is 0 Å². The van der Waals surface area contributed by atoms with Crippen molar-refractivity contribution in [3.05, 3.63) is 65.2 Å². The molecule has 32 heavy (non-hydrogen) atoms. The molecule has 0 aliphatic carbocycles. The molecule has 8 heteroatoms. The molecule has 166 valence electrons. The summed E-state index contributed by atoms with van der Waals surface area (Å²) in [6.07, 6.45) is 1.38. The lowest BCUT2D eigenvalue weighted by Crippen LogP contribution is -2.47. The minimum Gasteiger partial charge on any atom is -0.497 e. The van der Waals surface area contributed by atoms with Crippen molar-refractivity contribution in [3.63, 3.8) is 0 Å². The lowest BCUT2D eigenvalue weighted by atomic mass is 10.0. The SMILES string of the molecule is COc1cccc(C(=O)NC2CCN(C(=O)CCN3C(=O)c4ccccc4C3=O)CC2)c1. The van der Waals surface area contributed by atoms with Gasteiger partial charge in [0, 0.05) is 37.7 Å². The Balaban J connectivity index is 1.25. The number of piperidine rings is 1. The molecular weight excluding hydrogens is 410 g/mol. The lowest BCUT2D eigenvalue weighted by Gasteiger charge is -2.32. The van der Waals surface area contributed by atoms with Crippen molar-refractivity contribution in [1.82, 2.24) is 15.1 Å². The number of ether oxygens (including phenoxy) is 1. The number of nitrogens with zero attached hydrogens (tertiary/aromatic N) is 2. The smallest absolute Gasteiger partial charge is 0.261 e. The predicted molar refractivity (Wildman–Crippen MR) is 116 cm³/mol. The van der Waals surface area contributed by atoms with Crippen LogP contribution in [-0.2, 0) is 4.79 Å². The van der Waals surface area contributed by atoms with Crippen LogP contribution in [-0.4, -0.2) is 66.2 Å². The van der Waals surface area contributed by atoms with Gasteiger partial charge >= 0.3 is 0 Å². The van der Waals surface area contributed by atoms with Gasteiger partial charge in [-0.1, -0.05) is 18.2 Å². The first-order valence-electron chi connectivity index (χ1n) is 10.7. The van der Waals surface area contributed by atoms with Gasteiger partial charge in [-0.3, -0.25) is 24.1 Å². The third-order valence-corrected chi connectivity index (χ3v) is 5.94. The lowest BCUT2D eigenvalue weighted by molar-refractivity contribution is -0.132. The van der Waals surface area contributed by atoms with Gasteiger partial charge in [0.05, 0.1) is 18.2 Å². The van der Waals surface area contributed by atoms with Crippen LogP contribution in [0.1, 0.15) is 50.3 Å². The quantitative estimate of drug-likeness (QED) is 0.701. The van der Waals surface area contributed by atoms with Crippen molar-refractivity contribution >= 4 is 23.6 Å². The molecule has 2 aromatic rings. The molecule has 0 spiro atoms. The maximum absolute atomic E-state index is 12.6. The molecule has 2 aliphatic heterocycles. The monoisotopic (exact) mass is 435 g/mol. The number of carbonyl (C=O) groups excluding carboxylic acids is 4. The van der Waals surface area contributed by atoms with E-state index in [1.165, 1.54) is 0 Å². The molecule has 0 atom stereocenters. The number of carbonyl (C=O) groups is 4. The number of likely N-dealkylation sites (tertiary alicyclic amines) is 1. The Hall–Kier alpha value is -3.68. The summed E-state index contributed by atoms with van der Waals surface area (Å²) in [5, 5.41) is 3.01. The molecule has 0 radical (unpaired) electrons.